The average Bonchev–Trinajstić information content (AvgIpc) is 2.82. The van der Waals surface area contributed by atoms with Crippen molar-refractivity contribution < 1.29 is 9.90 Å². The number of carbonyl (C=O) groups is 1. The summed E-state index contributed by atoms with van der Waals surface area (Å²) in [7, 11) is 0. The van der Waals surface area contributed by atoms with Crippen molar-refractivity contribution in [2.45, 2.75) is 6.54 Å². The van der Waals surface area contributed by atoms with Crippen LogP contribution in [-0.2, 0) is 11.3 Å². The summed E-state index contributed by atoms with van der Waals surface area (Å²) < 4.78 is 0. The minimum Gasteiger partial charge on any atom is -0.477 e. The molecule has 1 aromatic carbocycles. The van der Waals surface area contributed by atoms with E-state index in [1.807, 2.05) is 12.1 Å². The second-order valence-corrected chi connectivity index (χ2v) is 4.27. The van der Waals surface area contributed by atoms with Crippen LogP contribution in [0.4, 0.5) is 17.5 Å². The molecule has 2 heterocycles. The number of fused-ring (bicyclic) bond motifs is 1. The lowest BCUT2D eigenvalue weighted by molar-refractivity contribution is -0.129. The fourth-order valence-electron chi connectivity index (χ4n) is 2.04. The summed E-state index contributed by atoms with van der Waals surface area (Å²) in [4.78, 5) is 22.9. The molecule has 0 amide bonds. The summed E-state index contributed by atoms with van der Waals surface area (Å²) in [6.07, 6.45) is 1.54. The molecule has 0 aliphatic carbocycles. The van der Waals surface area contributed by atoms with Crippen LogP contribution in [0.3, 0.4) is 0 Å². The quantitative estimate of drug-likeness (QED) is 0.771. The van der Waals surface area contributed by atoms with Crippen molar-refractivity contribution in [1.82, 2.24) is 9.97 Å². The number of nitrogens with zero attached hydrogens (tertiary/aromatic N) is 3. The van der Waals surface area contributed by atoms with Crippen LogP contribution in [0.2, 0.25) is 0 Å². The number of aliphatic imine (C=N–C) groups is 1. The largest absolute Gasteiger partial charge is 0.477 e. The average molecular weight is 269 g/mol. The molecule has 0 radical (unpaired) electrons. The number of anilines is 3. The molecular formula is C13H11N5O2. The number of benzene rings is 1. The van der Waals surface area contributed by atoms with Gasteiger partial charge in [0.2, 0.25) is 5.95 Å². The number of aromatic nitrogens is 2. The first kappa shape index (κ1) is 12.1. The second kappa shape index (κ2) is 4.61. The van der Waals surface area contributed by atoms with Gasteiger partial charge in [-0.15, -0.1) is 0 Å². The third-order valence-electron chi connectivity index (χ3n) is 2.92. The smallest absolute Gasteiger partial charge is 0.354 e. The first-order valence-electron chi connectivity index (χ1n) is 5.90. The van der Waals surface area contributed by atoms with E-state index in [1.165, 1.54) is 0 Å². The van der Waals surface area contributed by atoms with Crippen molar-refractivity contribution in [3.63, 3.8) is 0 Å². The number of nitrogens with one attached hydrogen (secondary N) is 1. The molecule has 0 fully saturated rings. The van der Waals surface area contributed by atoms with E-state index in [0.29, 0.717) is 17.9 Å². The molecule has 7 nitrogen and oxygen atoms in total. The van der Waals surface area contributed by atoms with Crippen LogP contribution in [0, 0.1) is 0 Å². The van der Waals surface area contributed by atoms with Gasteiger partial charge < -0.3 is 16.2 Å². The molecule has 1 aromatic heterocycles. The molecule has 3 rings (SSSR count). The van der Waals surface area contributed by atoms with Crippen LogP contribution in [0.15, 0.2) is 35.5 Å². The van der Waals surface area contributed by atoms with E-state index in [1.54, 1.807) is 18.3 Å². The third-order valence-corrected chi connectivity index (χ3v) is 2.92. The minimum absolute atomic E-state index is 0.0888. The SMILES string of the molecule is Nc1nccc(Nc2ccc3c(c2)C(C(=O)O)=NC3)n1. The van der Waals surface area contributed by atoms with Gasteiger partial charge in [-0.3, -0.25) is 4.99 Å². The molecule has 0 saturated heterocycles. The van der Waals surface area contributed by atoms with Gasteiger partial charge in [0.1, 0.15) is 5.82 Å². The van der Waals surface area contributed by atoms with Crippen molar-refractivity contribution in [3.05, 3.63) is 41.6 Å². The number of hydrogen-bond acceptors (Lipinski definition) is 6. The lowest BCUT2D eigenvalue weighted by Crippen LogP contribution is -2.12. The van der Waals surface area contributed by atoms with Crippen molar-refractivity contribution in [1.29, 1.82) is 0 Å². The highest BCUT2D eigenvalue weighted by Gasteiger charge is 2.21. The highest BCUT2D eigenvalue weighted by atomic mass is 16.4. The third kappa shape index (κ3) is 2.16. The summed E-state index contributed by atoms with van der Waals surface area (Å²) in [6, 6.07) is 7.11. The molecule has 0 atom stereocenters. The summed E-state index contributed by atoms with van der Waals surface area (Å²) in [5.41, 5.74) is 7.84. The second-order valence-electron chi connectivity index (χ2n) is 4.27. The summed E-state index contributed by atoms with van der Waals surface area (Å²) >= 11 is 0. The van der Waals surface area contributed by atoms with Gasteiger partial charge in [0.15, 0.2) is 5.71 Å². The van der Waals surface area contributed by atoms with E-state index < -0.39 is 5.97 Å². The van der Waals surface area contributed by atoms with Gasteiger partial charge in [0.25, 0.3) is 0 Å². The van der Waals surface area contributed by atoms with Gasteiger partial charge in [0.05, 0.1) is 6.54 Å². The Labute approximate surface area is 114 Å². The zero-order valence-corrected chi connectivity index (χ0v) is 10.4. The molecule has 0 spiro atoms. The Hall–Kier alpha value is -2.96. The van der Waals surface area contributed by atoms with Gasteiger partial charge in [-0.2, -0.15) is 4.98 Å². The first-order valence-corrected chi connectivity index (χ1v) is 5.90. The first-order chi connectivity index (χ1) is 9.63. The van der Waals surface area contributed by atoms with Crippen LogP contribution in [-0.4, -0.2) is 26.8 Å². The monoisotopic (exact) mass is 269 g/mol. The van der Waals surface area contributed by atoms with E-state index in [9.17, 15) is 4.79 Å². The van der Waals surface area contributed by atoms with Gasteiger partial charge in [-0.05, 0) is 23.8 Å². The molecule has 1 aliphatic heterocycles. The van der Waals surface area contributed by atoms with Crippen molar-refractivity contribution in [2.24, 2.45) is 4.99 Å². The predicted molar refractivity (Wildman–Crippen MR) is 74.0 cm³/mol. The lowest BCUT2D eigenvalue weighted by Gasteiger charge is -2.08. The molecule has 0 unspecified atom stereocenters. The predicted octanol–water partition coefficient (Wildman–Crippen LogP) is 1.19. The lowest BCUT2D eigenvalue weighted by atomic mass is 10.0. The fourth-order valence-corrected chi connectivity index (χ4v) is 2.04. The van der Waals surface area contributed by atoms with Crippen molar-refractivity contribution >= 4 is 29.1 Å². The maximum atomic E-state index is 11.1. The molecule has 100 valence electrons. The van der Waals surface area contributed by atoms with E-state index in [-0.39, 0.29) is 11.7 Å². The normalized spacial score (nSPS) is 12.7. The summed E-state index contributed by atoms with van der Waals surface area (Å²) in [5, 5.41) is 12.1. The molecule has 0 saturated carbocycles. The Morgan fingerprint density at radius 2 is 2.20 bits per heavy atom. The molecule has 4 N–H and O–H groups in total. The van der Waals surface area contributed by atoms with Gasteiger partial charge in [0, 0.05) is 17.4 Å². The van der Waals surface area contributed by atoms with Gasteiger partial charge in [-0.1, -0.05) is 6.07 Å². The summed E-state index contributed by atoms with van der Waals surface area (Å²) in [6.45, 7) is 0.400. The molecule has 20 heavy (non-hydrogen) atoms. The van der Waals surface area contributed by atoms with Crippen LogP contribution < -0.4 is 11.1 Å². The van der Waals surface area contributed by atoms with E-state index >= 15 is 0 Å². The van der Waals surface area contributed by atoms with Crippen LogP contribution in [0.25, 0.3) is 0 Å². The van der Waals surface area contributed by atoms with Crippen LogP contribution in [0.5, 0.6) is 0 Å². The number of nitrogens with two attached hydrogens (primary N) is 1. The zero-order chi connectivity index (χ0) is 14.1. The zero-order valence-electron chi connectivity index (χ0n) is 10.4. The van der Waals surface area contributed by atoms with Crippen molar-refractivity contribution in [2.75, 3.05) is 11.1 Å². The maximum Gasteiger partial charge on any atom is 0.354 e. The number of rotatable bonds is 3. The van der Waals surface area contributed by atoms with Crippen molar-refractivity contribution in [3.8, 4) is 0 Å². The summed E-state index contributed by atoms with van der Waals surface area (Å²) in [5.74, 6) is -0.305. The Bertz CT molecular complexity index is 726. The maximum absolute atomic E-state index is 11.1. The molecule has 1 aliphatic rings. The highest BCUT2D eigenvalue weighted by Crippen LogP contribution is 2.24. The van der Waals surface area contributed by atoms with E-state index in [2.05, 4.69) is 20.3 Å². The Kier molecular flexibility index (Phi) is 2.79. The molecule has 0 bridgehead atoms. The highest BCUT2D eigenvalue weighted by molar-refractivity contribution is 6.43. The van der Waals surface area contributed by atoms with Gasteiger partial charge >= 0.3 is 5.97 Å². The Morgan fingerprint density at radius 3 is 2.95 bits per heavy atom. The molecular weight excluding hydrogens is 258 g/mol. The number of aliphatic carboxylic acids is 1. The Balaban J connectivity index is 1.91. The fraction of sp³-hybridized carbons (Fsp3) is 0.0769. The topological polar surface area (TPSA) is 113 Å². The number of carboxylic acids is 1. The standard InChI is InChI=1S/C13H11N5O2/c14-13-15-4-3-10(18-13)17-8-2-1-7-6-16-11(12(19)20)9(7)5-8/h1-5H,6H2,(H,19,20)(H3,14,15,17,18). The Morgan fingerprint density at radius 1 is 1.35 bits per heavy atom. The number of hydrogen-bond donors (Lipinski definition) is 3. The molecule has 7 heteroatoms. The van der Waals surface area contributed by atoms with E-state index in [0.717, 1.165) is 11.3 Å². The van der Waals surface area contributed by atoms with Crippen LogP contribution in [0.1, 0.15) is 11.1 Å². The number of nitrogen functional groups attached to an aromatic ring is 1. The molecule has 2 aromatic rings. The minimum atomic E-state index is -1.02. The van der Waals surface area contributed by atoms with Crippen LogP contribution >= 0.6 is 0 Å². The van der Waals surface area contributed by atoms with E-state index in [4.69, 9.17) is 10.8 Å². The number of carboxylic acid groups (broad SMARTS) is 1. The van der Waals surface area contributed by atoms with Gasteiger partial charge in [-0.25, -0.2) is 9.78 Å².